The molecule has 0 aliphatic carbocycles. The van der Waals surface area contributed by atoms with Gasteiger partial charge in [0.15, 0.2) is 0 Å². The van der Waals surface area contributed by atoms with Crippen molar-refractivity contribution < 1.29 is 14.7 Å². The van der Waals surface area contributed by atoms with Gasteiger partial charge in [0, 0.05) is 5.75 Å². The van der Waals surface area contributed by atoms with Gasteiger partial charge in [-0.2, -0.15) is 11.8 Å². The van der Waals surface area contributed by atoms with Crippen LogP contribution in [0.4, 0.5) is 0 Å². The molecule has 0 aliphatic rings. The van der Waals surface area contributed by atoms with Gasteiger partial charge in [0.1, 0.15) is 5.78 Å². The van der Waals surface area contributed by atoms with E-state index < -0.39 is 5.97 Å². The van der Waals surface area contributed by atoms with Gasteiger partial charge in [0.05, 0.1) is 12.6 Å². The molecule has 78 valence electrons. The first-order chi connectivity index (χ1) is 5.95. The van der Waals surface area contributed by atoms with Gasteiger partial charge in [-0.05, 0) is 13.2 Å². The molecular weight excluding hydrogens is 192 g/mol. The van der Waals surface area contributed by atoms with E-state index in [-0.39, 0.29) is 18.4 Å². The molecule has 0 aromatic carbocycles. The summed E-state index contributed by atoms with van der Waals surface area (Å²) in [6, 6.07) is -0.259. The number of hydrogen-bond donors (Lipinski definition) is 3. The van der Waals surface area contributed by atoms with Gasteiger partial charge in [-0.25, -0.2) is 0 Å². The third-order valence-corrected chi connectivity index (χ3v) is 1.74. The highest BCUT2D eigenvalue weighted by atomic mass is 32.2. The summed E-state index contributed by atoms with van der Waals surface area (Å²) in [5.74, 6) is -0.167. The summed E-state index contributed by atoms with van der Waals surface area (Å²) in [6.07, 6.45) is 1.93. The zero-order valence-corrected chi connectivity index (χ0v) is 8.63. The third-order valence-electron chi connectivity index (χ3n) is 1.04. The Morgan fingerprint density at radius 1 is 1.54 bits per heavy atom. The highest BCUT2D eigenvalue weighted by Gasteiger charge is 2.04. The summed E-state index contributed by atoms with van der Waals surface area (Å²) < 4.78 is 0. The molecule has 1 unspecified atom stereocenters. The van der Waals surface area contributed by atoms with Crippen LogP contribution in [0, 0.1) is 0 Å². The molecule has 0 saturated heterocycles. The molecule has 0 radical (unpaired) electrons. The fraction of sp³-hybridized carbons (Fsp3) is 0.714. The number of carboxylic acid groups (broad SMARTS) is 1. The molecule has 0 saturated carbocycles. The van der Waals surface area contributed by atoms with Gasteiger partial charge >= 0.3 is 5.97 Å². The maximum absolute atomic E-state index is 10.4. The van der Waals surface area contributed by atoms with Crippen LogP contribution >= 0.6 is 11.8 Å². The van der Waals surface area contributed by atoms with Crippen LogP contribution in [0.15, 0.2) is 0 Å². The monoisotopic (exact) mass is 208 g/mol. The number of carboxylic acids is 1. The number of ketones is 1. The lowest BCUT2D eigenvalue weighted by Crippen LogP contribution is -2.30. The fourth-order valence-electron chi connectivity index (χ4n) is 0.297. The van der Waals surface area contributed by atoms with Crippen molar-refractivity contribution in [3.8, 4) is 0 Å². The highest BCUT2D eigenvalue weighted by Crippen LogP contribution is 1.94. The van der Waals surface area contributed by atoms with Crippen LogP contribution in [-0.4, -0.2) is 41.5 Å². The lowest BCUT2D eigenvalue weighted by atomic mass is 10.3. The second-order valence-electron chi connectivity index (χ2n) is 2.27. The van der Waals surface area contributed by atoms with Crippen molar-refractivity contribution in [1.82, 2.24) is 0 Å². The van der Waals surface area contributed by atoms with Gasteiger partial charge in [-0.3, -0.25) is 9.59 Å². The summed E-state index contributed by atoms with van der Waals surface area (Å²) in [4.78, 5) is 19.6. The van der Waals surface area contributed by atoms with E-state index >= 15 is 0 Å². The molecular formula is C7H16N2O3S. The minimum atomic E-state index is -0.968. The van der Waals surface area contributed by atoms with Crippen molar-refractivity contribution in [2.24, 2.45) is 11.5 Å². The van der Waals surface area contributed by atoms with E-state index in [4.69, 9.17) is 10.8 Å². The maximum atomic E-state index is 10.4. The highest BCUT2D eigenvalue weighted by molar-refractivity contribution is 7.98. The molecule has 6 heteroatoms. The van der Waals surface area contributed by atoms with Crippen LogP contribution in [0.1, 0.15) is 6.92 Å². The maximum Gasteiger partial charge on any atom is 0.317 e. The Labute approximate surface area is 81.9 Å². The molecule has 0 fully saturated rings. The quantitative estimate of drug-likeness (QED) is 0.564. The number of hydrogen-bond acceptors (Lipinski definition) is 5. The molecule has 0 spiro atoms. The largest absolute Gasteiger partial charge is 0.480 e. The Morgan fingerprint density at radius 3 is 2.00 bits per heavy atom. The van der Waals surface area contributed by atoms with Gasteiger partial charge in [-0.1, -0.05) is 0 Å². The van der Waals surface area contributed by atoms with Crippen LogP contribution in [0.25, 0.3) is 0 Å². The first kappa shape index (κ1) is 14.9. The SMILES string of the molecule is CSCC(N)C(C)=O.NCC(=O)O. The Bertz CT molecular complexity index is 164. The lowest BCUT2D eigenvalue weighted by molar-refractivity contribution is -0.135. The van der Waals surface area contributed by atoms with Crippen LogP contribution in [-0.2, 0) is 9.59 Å². The number of aliphatic carboxylic acids is 1. The molecule has 0 aromatic heterocycles. The Kier molecular flexibility index (Phi) is 10.9. The summed E-state index contributed by atoms with van der Waals surface area (Å²) in [5.41, 5.74) is 9.93. The van der Waals surface area contributed by atoms with Crippen molar-refractivity contribution in [2.75, 3.05) is 18.6 Å². The second-order valence-corrected chi connectivity index (χ2v) is 3.18. The molecule has 0 aromatic rings. The molecule has 1 atom stereocenters. The number of rotatable bonds is 4. The first-order valence-corrected chi connectivity index (χ1v) is 5.01. The molecule has 5 N–H and O–H groups in total. The minimum absolute atomic E-state index is 0.0688. The van der Waals surface area contributed by atoms with Gasteiger partial charge in [0.25, 0.3) is 0 Å². The van der Waals surface area contributed by atoms with E-state index in [2.05, 4.69) is 5.73 Å². The van der Waals surface area contributed by atoms with Crippen molar-refractivity contribution in [1.29, 1.82) is 0 Å². The third kappa shape index (κ3) is 14.3. The van der Waals surface area contributed by atoms with E-state index in [0.717, 1.165) is 5.75 Å². The zero-order valence-electron chi connectivity index (χ0n) is 7.82. The van der Waals surface area contributed by atoms with E-state index in [9.17, 15) is 9.59 Å². The van der Waals surface area contributed by atoms with Gasteiger partial charge in [-0.15, -0.1) is 0 Å². The van der Waals surface area contributed by atoms with Crippen molar-refractivity contribution in [3.05, 3.63) is 0 Å². The molecule has 0 rings (SSSR count). The molecule has 0 amide bonds. The minimum Gasteiger partial charge on any atom is -0.480 e. The molecule has 0 aliphatic heterocycles. The number of Topliss-reactive ketones (excluding diaryl/α,β-unsaturated/α-hetero) is 1. The number of carbonyl (C=O) groups is 2. The van der Waals surface area contributed by atoms with E-state index in [1.165, 1.54) is 6.92 Å². The normalized spacial score (nSPS) is 11.1. The molecule has 13 heavy (non-hydrogen) atoms. The van der Waals surface area contributed by atoms with Crippen molar-refractivity contribution in [3.63, 3.8) is 0 Å². The number of thioether (sulfide) groups is 1. The van der Waals surface area contributed by atoms with Gasteiger partial charge in [0.2, 0.25) is 0 Å². The standard InChI is InChI=1S/C5H11NOS.C2H5NO2/c1-4(7)5(6)3-8-2;3-1-2(4)5/h5H,3,6H2,1-2H3;1,3H2,(H,4,5). The van der Waals surface area contributed by atoms with E-state index in [1.54, 1.807) is 11.8 Å². The van der Waals surface area contributed by atoms with Crippen molar-refractivity contribution >= 4 is 23.5 Å². The first-order valence-electron chi connectivity index (χ1n) is 3.62. The average Bonchev–Trinajstić information content (AvgIpc) is 2.06. The van der Waals surface area contributed by atoms with Crippen LogP contribution in [0.3, 0.4) is 0 Å². The predicted molar refractivity (Wildman–Crippen MR) is 53.7 cm³/mol. The summed E-state index contributed by atoms with van der Waals surface area (Å²) in [7, 11) is 0. The Morgan fingerprint density at radius 2 is 1.92 bits per heavy atom. The van der Waals surface area contributed by atoms with E-state index in [1.807, 2.05) is 6.26 Å². The molecule has 0 bridgehead atoms. The lowest BCUT2D eigenvalue weighted by Gasteiger charge is -2.02. The molecule has 0 heterocycles. The summed E-state index contributed by atoms with van der Waals surface area (Å²) in [5, 5.41) is 7.60. The second kappa shape index (κ2) is 9.50. The Balaban J connectivity index is 0. The smallest absolute Gasteiger partial charge is 0.317 e. The van der Waals surface area contributed by atoms with E-state index in [0.29, 0.717) is 0 Å². The Hall–Kier alpha value is -0.590. The summed E-state index contributed by atoms with van der Waals surface area (Å²) in [6.45, 7) is 1.24. The number of carbonyl (C=O) groups excluding carboxylic acids is 1. The summed E-state index contributed by atoms with van der Waals surface area (Å²) >= 11 is 1.59. The topological polar surface area (TPSA) is 106 Å². The predicted octanol–water partition coefficient (Wildman–Crippen LogP) is -0.705. The van der Waals surface area contributed by atoms with Crippen LogP contribution in [0.2, 0.25) is 0 Å². The fourth-order valence-corrected chi connectivity index (χ4v) is 0.891. The van der Waals surface area contributed by atoms with Crippen LogP contribution in [0.5, 0.6) is 0 Å². The van der Waals surface area contributed by atoms with Gasteiger partial charge < -0.3 is 16.6 Å². The molecule has 5 nitrogen and oxygen atoms in total. The van der Waals surface area contributed by atoms with Crippen LogP contribution < -0.4 is 11.5 Å². The number of nitrogens with two attached hydrogens (primary N) is 2. The average molecular weight is 208 g/mol. The zero-order chi connectivity index (χ0) is 10.9. The van der Waals surface area contributed by atoms with Crippen molar-refractivity contribution in [2.45, 2.75) is 13.0 Å².